The summed E-state index contributed by atoms with van der Waals surface area (Å²) in [6.07, 6.45) is 7.62. The lowest BCUT2D eigenvalue weighted by molar-refractivity contribution is -0.138. The molecular formula is C12H23ClN2O. The fourth-order valence-electron chi connectivity index (χ4n) is 3.16. The Morgan fingerprint density at radius 2 is 1.88 bits per heavy atom. The van der Waals surface area contributed by atoms with Gasteiger partial charge in [0.1, 0.15) is 0 Å². The molecule has 0 aromatic carbocycles. The van der Waals surface area contributed by atoms with Crippen LogP contribution in [0, 0.1) is 5.92 Å². The van der Waals surface area contributed by atoms with Crippen molar-refractivity contribution in [3.63, 3.8) is 0 Å². The Hall–Kier alpha value is -0.280. The van der Waals surface area contributed by atoms with Crippen molar-refractivity contribution in [2.75, 3.05) is 6.54 Å². The molecule has 0 bridgehead atoms. The van der Waals surface area contributed by atoms with E-state index >= 15 is 0 Å². The van der Waals surface area contributed by atoms with Crippen molar-refractivity contribution >= 4 is 18.3 Å². The number of piperidine rings is 1. The first-order valence-electron chi connectivity index (χ1n) is 6.26. The highest BCUT2D eigenvalue weighted by atomic mass is 35.5. The smallest absolute Gasteiger partial charge is 0.239 e. The molecule has 0 spiro atoms. The second kappa shape index (κ2) is 5.87. The quantitative estimate of drug-likeness (QED) is 0.769. The third-order valence-electron chi connectivity index (χ3n) is 3.92. The van der Waals surface area contributed by atoms with Crippen LogP contribution in [0.4, 0.5) is 0 Å². The van der Waals surface area contributed by atoms with Gasteiger partial charge in [0.05, 0.1) is 6.04 Å². The van der Waals surface area contributed by atoms with E-state index in [1.807, 2.05) is 0 Å². The molecule has 2 unspecified atom stereocenters. The summed E-state index contributed by atoms with van der Waals surface area (Å²) < 4.78 is 0. The lowest BCUT2D eigenvalue weighted by Gasteiger charge is -2.44. The summed E-state index contributed by atoms with van der Waals surface area (Å²) in [4.78, 5) is 14.0. The van der Waals surface area contributed by atoms with Gasteiger partial charge in [0.15, 0.2) is 0 Å². The molecule has 1 aliphatic heterocycles. The average molecular weight is 247 g/mol. The number of carbonyl (C=O) groups excluding carboxylic acids is 1. The van der Waals surface area contributed by atoms with Crippen LogP contribution < -0.4 is 5.73 Å². The van der Waals surface area contributed by atoms with Gasteiger partial charge in [-0.2, -0.15) is 0 Å². The summed E-state index contributed by atoms with van der Waals surface area (Å²) in [5.74, 6) is 0.918. The average Bonchev–Trinajstić information content (AvgIpc) is 2.27. The first-order valence-corrected chi connectivity index (χ1v) is 6.26. The van der Waals surface area contributed by atoms with Crippen LogP contribution in [-0.4, -0.2) is 29.4 Å². The Balaban J connectivity index is 0.00000128. The summed E-state index contributed by atoms with van der Waals surface area (Å²) in [5.41, 5.74) is 5.70. The van der Waals surface area contributed by atoms with Gasteiger partial charge in [-0.25, -0.2) is 0 Å². The highest BCUT2D eigenvalue weighted by Crippen LogP contribution is 2.35. The van der Waals surface area contributed by atoms with E-state index in [9.17, 15) is 4.79 Å². The van der Waals surface area contributed by atoms with Crippen molar-refractivity contribution in [2.45, 2.75) is 57.5 Å². The van der Waals surface area contributed by atoms with Gasteiger partial charge in [0.2, 0.25) is 5.91 Å². The predicted octanol–water partition coefficient (Wildman–Crippen LogP) is 1.94. The van der Waals surface area contributed by atoms with Gasteiger partial charge in [-0.15, -0.1) is 12.4 Å². The number of halogens is 1. The Kier molecular flexibility index (Phi) is 5.06. The second-order valence-corrected chi connectivity index (χ2v) is 5.07. The molecule has 16 heavy (non-hydrogen) atoms. The largest absolute Gasteiger partial charge is 0.338 e. The van der Waals surface area contributed by atoms with Gasteiger partial charge in [-0.3, -0.25) is 4.79 Å². The monoisotopic (exact) mass is 246 g/mol. The number of likely N-dealkylation sites (tertiary alicyclic amines) is 1. The van der Waals surface area contributed by atoms with E-state index < -0.39 is 0 Å². The van der Waals surface area contributed by atoms with Crippen LogP contribution in [-0.2, 0) is 4.79 Å². The Labute approximate surface area is 104 Å². The van der Waals surface area contributed by atoms with E-state index in [1.165, 1.54) is 38.5 Å². The van der Waals surface area contributed by atoms with Crippen molar-refractivity contribution < 1.29 is 4.79 Å². The lowest BCUT2D eigenvalue weighted by Crippen LogP contribution is -2.53. The van der Waals surface area contributed by atoms with Crippen LogP contribution >= 0.6 is 12.4 Å². The first-order chi connectivity index (χ1) is 7.20. The van der Waals surface area contributed by atoms with Gasteiger partial charge in [-0.1, -0.05) is 12.8 Å². The van der Waals surface area contributed by atoms with Gasteiger partial charge in [0, 0.05) is 12.6 Å². The summed E-state index contributed by atoms with van der Waals surface area (Å²) >= 11 is 0. The number of rotatable bonds is 1. The van der Waals surface area contributed by atoms with Crippen molar-refractivity contribution in [3.8, 4) is 0 Å². The normalized spacial score (nSPS) is 31.2. The number of hydrogen-bond acceptors (Lipinski definition) is 2. The van der Waals surface area contributed by atoms with E-state index in [-0.39, 0.29) is 24.4 Å². The highest BCUT2D eigenvalue weighted by molar-refractivity contribution is 5.85. The third kappa shape index (κ3) is 2.69. The molecule has 2 aliphatic rings. The van der Waals surface area contributed by atoms with Gasteiger partial charge in [-0.05, 0) is 38.5 Å². The van der Waals surface area contributed by atoms with Crippen molar-refractivity contribution in [1.82, 2.24) is 4.90 Å². The van der Waals surface area contributed by atoms with E-state index in [1.54, 1.807) is 6.92 Å². The maximum absolute atomic E-state index is 12.0. The summed E-state index contributed by atoms with van der Waals surface area (Å²) in [7, 11) is 0. The fraction of sp³-hybridized carbons (Fsp3) is 0.917. The molecule has 94 valence electrons. The molecule has 0 radical (unpaired) electrons. The summed E-state index contributed by atoms with van der Waals surface area (Å²) in [6.45, 7) is 2.73. The van der Waals surface area contributed by atoms with Crippen molar-refractivity contribution in [1.29, 1.82) is 0 Å². The number of hydrogen-bond donors (Lipinski definition) is 1. The van der Waals surface area contributed by atoms with Gasteiger partial charge >= 0.3 is 0 Å². The zero-order valence-corrected chi connectivity index (χ0v) is 10.8. The molecular weight excluding hydrogens is 224 g/mol. The molecule has 3 nitrogen and oxygen atoms in total. The minimum absolute atomic E-state index is 0. The molecule has 0 aromatic rings. The number of amides is 1. The predicted molar refractivity (Wildman–Crippen MR) is 67.6 cm³/mol. The highest BCUT2D eigenvalue weighted by Gasteiger charge is 2.36. The standard InChI is InChI=1S/C12H22N2O.ClH/c1-9(13)12(15)14-8-4-6-10-5-2-3-7-11(10)14;/h9-11H,2-8,13H2,1H3;1H/t9-,10?,11?;/m1./s1. The number of fused-ring (bicyclic) bond motifs is 1. The summed E-state index contributed by atoms with van der Waals surface area (Å²) in [6, 6.07) is 0.177. The van der Waals surface area contributed by atoms with Crippen LogP contribution in [0.1, 0.15) is 45.4 Å². The maximum Gasteiger partial charge on any atom is 0.239 e. The number of carbonyl (C=O) groups is 1. The van der Waals surface area contributed by atoms with E-state index in [0.717, 1.165) is 12.5 Å². The van der Waals surface area contributed by atoms with Gasteiger partial charge in [0.25, 0.3) is 0 Å². The SMILES string of the molecule is C[C@@H](N)C(=O)N1CCCC2CCCCC21.Cl. The van der Waals surface area contributed by atoms with Crippen molar-refractivity contribution in [2.24, 2.45) is 11.7 Å². The van der Waals surface area contributed by atoms with E-state index in [0.29, 0.717) is 6.04 Å². The number of nitrogens with zero attached hydrogens (tertiary/aromatic N) is 1. The molecule has 3 atom stereocenters. The molecule has 2 rings (SSSR count). The number of nitrogens with two attached hydrogens (primary N) is 1. The molecule has 1 heterocycles. The topological polar surface area (TPSA) is 46.3 Å². The van der Waals surface area contributed by atoms with E-state index in [4.69, 9.17) is 5.73 Å². The van der Waals surface area contributed by atoms with Crippen LogP contribution in [0.2, 0.25) is 0 Å². The van der Waals surface area contributed by atoms with Crippen LogP contribution in [0.5, 0.6) is 0 Å². The molecule has 4 heteroatoms. The molecule has 0 aromatic heterocycles. The Morgan fingerprint density at radius 3 is 2.56 bits per heavy atom. The van der Waals surface area contributed by atoms with Crippen LogP contribution in [0.15, 0.2) is 0 Å². The molecule has 1 saturated heterocycles. The second-order valence-electron chi connectivity index (χ2n) is 5.07. The molecule has 1 aliphatic carbocycles. The van der Waals surface area contributed by atoms with Crippen molar-refractivity contribution in [3.05, 3.63) is 0 Å². The maximum atomic E-state index is 12.0. The lowest BCUT2D eigenvalue weighted by atomic mass is 9.78. The first kappa shape index (κ1) is 13.8. The fourth-order valence-corrected chi connectivity index (χ4v) is 3.16. The molecule has 2 N–H and O–H groups in total. The molecule has 2 fully saturated rings. The van der Waals surface area contributed by atoms with Crippen LogP contribution in [0.3, 0.4) is 0 Å². The zero-order chi connectivity index (χ0) is 10.8. The Morgan fingerprint density at radius 1 is 1.25 bits per heavy atom. The minimum Gasteiger partial charge on any atom is -0.338 e. The minimum atomic E-state index is -0.328. The van der Waals surface area contributed by atoms with E-state index in [2.05, 4.69) is 4.90 Å². The van der Waals surface area contributed by atoms with Crippen LogP contribution in [0.25, 0.3) is 0 Å². The zero-order valence-electron chi connectivity index (χ0n) is 10.0. The van der Waals surface area contributed by atoms with Gasteiger partial charge < -0.3 is 10.6 Å². The summed E-state index contributed by atoms with van der Waals surface area (Å²) in [5, 5.41) is 0. The molecule has 1 amide bonds. The third-order valence-corrected chi connectivity index (χ3v) is 3.92. The Bertz CT molecular complexity index is 243. The molecule has 1 saturated carbocycles.